The number of rotatable bonds is 5. The second kappa shape index (κ2) is 6.44. The predicted molar refractivity (Wildman–Crippen MR) is 73.6 cm³/mol. The molecule has 1 unspecified atom stereocenters. The second-order valence-electron chi connectivity index (χ2n) is 4.80. The summed E-state index contributed by atoms with van der Waals surface area (Å²) in [5.41, 5.74) is 0.993. The number of nitriles is 1. The Morgan fingerprint density at radius 2 is 1.89 bits per heavy atom. The molecule has 0 amide bonds. The first kappa shape index (κ1) is 13.7. The largest absolute Gasteiger partial charge is 0.493 e. The maximum atomic E-state index is 9.38. The zero-order valence-electron chi connectivity index (χ0n) is 11.6. The van der Waals surface area contributed by atoms with E-state index in [1.165, 1.54) is 12.8 Å². The van der Waals surface area contributed by atoms with Gasteiger partial charge in [-0.3, -0.25) is 0 Å². The number of ether oxygens (including phenoxy) is 2. The fourth-order valence-corrected chi connectivity index (χ4v) is 2.51. The first-order valence-corrected chi connectivity index (χ1v) is 6.62. The number of nitrogens with zero attached hydrogens (tertiary/aromatic N) is 2. The Labute approximate surface area is 114 Å². The smallest absolute Gasteiger partial charge is 0.161 e. The van der Waals surface area contributed by atoms with Gasteiger partial charge in [-0.1, -0.05) is 6.07 Å². The molecule has 1 heterocycles. The summed E-state index contributed by atoms with van der Waals surface area (Å²) in [6.45, 7) is 3.00. The van der Waals surface area contributed by atoms with Crippen molar-refractivity contribution in [3.63, 3.8) is 0 Å². The van der Waals surface area contributed by atoms with Crippen LogP contribution in [0.2, 0.25) is 0 Å². The third kappa shape index (κ3) is 3.18. The van der Waals surface area contributed by atoms with Gasteiger partial charge >= 0.3 is 0 Å². The average molecular weight is 260 g/mol. The van der Waals surface area contributed by atoms with Crippen LogP contribution >= 0.6 is 0 Å². The van der Waals surface area contributed by atoms with Crippen LogP contribution in [-0.2, 0) is 0 Å². The molecule has 0 radical (unpaired) electrons. The molecule has 0 aliphatic carbocycles. The highest BCUT2D eigenvalue weighted by molar-refractivity contribution is 5.45. The summed E-state index contributed by atoms with van der Waals surface area (Å²) >= 11 is 0. The first-order valence-electron chi connectivity index (χ1n) is 6.62. The maximum absolute atomic E-state index is 9.38. The molecule has 1 aromatic carbocycles. The molecule has 4 heteroatoms. The van der Waals surface area contributed by atoms with Crippen molar-refractivity contribution < 1.29 is 9.47 Å². The van der Waals surface area contributed by atoms with Crippen LogP contribution in [0.1, 0.15) is 24.3 Å². The van der Waals surface area contributed by atoms with Gasteiger partial charge in [0, 0.05) is 6.54 Å². The van der Waals surface area contributed by atoms with Crippen molar-refractivity contribution in [2.45, 2.75) is 18.8 Å². The van der Waals surface area contributed by atoms with Crippen molar-refractivity contribution in [2.75, 3.05) is 33.9 Å². The van der Waals surface area contributed by atoms with Gasteiger partial charge in [0.25, 0.3) is 0 Å². The number of hydrogen-bond acceptors (Lipinski definition) is 4. The summed E-state index contributed by atoms with van der Waals surface area (Å²) in [4.78, 5) is 2.35. The summed E-state index contributed by atoms with van der Waals surface area (Å²) in [6, 6.07) is 8.11. The minimum atomic E-state index is -0.113. The standard InChI is InChI=1S/C15H20N2O2/c1-18-14-6-5-12(9-15(14)19-2)13(10-16)11-17-7-3-4-8-17/h5-6,9,13H,3-4,7-8,11H2,1-2H3. The molecule has 1 atom stereocenters. The predicted octanol–water partition coefficient (Wildman–Crippen LogP) is 2.41. The van der Waals surface area contributed by atoms with Gasteiger partial charge in [0.2, 0.25) is 0 Å². The third-order valence-electron chi connectivity index (χ3n) is 3.61. The molecular formula is C15H20N2O2. The summed E-state index contributed by atoms with van der Waals surface area (Å²) in [6.07, 6.45) is 2.48. The number of hydrogen-bond donors (Lipinski definition) is 0. The molecule has 2 rings (SSSR count). The van der Waals surface area contributed by atoms with Crippen LogP contribution in [0.15, 0.2) is 18.2 Å². The molecule has 0 bridgehead atoms. The van der Waals surface area contributed by atoms with E-state index in [1.54, 1.807) is 14.2 Å². The summed E-state index contributed by atoms with van der Waals surface area (Å²) in [5.74, 6) is 1.27. The summed E-state index contributed by atoms with van der Waals surface area (Å²) in [7, 11) is 3.23. The van der Waals surface area contributed by atoms with Gasteiger partial charge in [0.1, 0.15) is 0 Å². The lowest BCUT2D eigenvalue weighted by molar-refractivity contribution is 0.330. The van der Waals surface area contributed by atoms with Crippen LogP contribution in [0.5, 0.6) is 11.5 Å². The van der Waals surface area contributed by atoms with E-state index in [0.29, 0.717) is 11.5 Å². The van der Waals surface area contributed by atoms with Crippen LogP contribution in [0.25, 0.3) is 0 Å². The highest BCUT2D eigenvalue weighted by Crippen LogP contribution is 2.31. The Kier molecular flexibility index (Phi) is 4.64. The Hall–Kier alpha value is -1.73. The fourth-order valence-electron chi connectivity index (χ4n) is 2.51. The molecule has 19 heavy (non-hydrogen) atoms. The topological polar surface area (TPSA) is 45.5 Å². The van der Waals surface area contributed by atoms with Crippen LogP contribution in [0.4, 0.5) is 0 Å². The van der Waals surface area contributed by atoms with Gasteiger partial charge in [-0.25, -0.2) is 0 Å². The Bertz CT molecular complexity index is 462. The number of methoxy groups -OCH3 is 2. The van der Waals surface area contributed by atoms with Gasteiger partial charge < -0.3 is 14.4 Å². The Morgan fingerprint density at radius 1 is 1.21 bits per heavy atom. The van der Waals surface area contributed by atoms with E-state index in [4.69, 9.17) is 9.47 Å². The first-order chi connectivity index (χ1) is 9.28. The molecule has 1 saturated heterocycles. The minimum absolute atomic E-state index is 0.113. The van der Waals surface area contributed by atoms with E-state index in [0.717, 1.165) is 25.2 Å². The molecular weight excluding hydrogens is 240 g/mol. The van der Waals surface area contributed by atoms with Gasteiger partial charge in [-0.05, 0) is 43.6 Å². The van der Waals surface area contributed by atoms with Gasteiger partial charge in [0.15, 0.2) is 11.5 Å². The van der Waals surface area contributed by atoms with Crippen molar-refractivity contribution in [1.82, 2.24) is 4.90 Å². The summed E-state index contributed by atoms with van der Waals surface area (Å²) in [5, 5.41) is 9.38. The zero-order valence-corrected chi connectivity index (χ0v) is 11.6. The second-order valence-corrected chi connectivity index (χ2v) is 4.80. The molecule has 0 N–H and O–H groups in total. The van der Waals surface area contributed by atoms with Crippen LogP contribution in [-0.4, -0.2) is 38.8 Å². The Balaban J connectivity index is 2.15. The van der Waals surface area contributed by atoms with Crippen molar-refractivity contribution in [2.24, 2.45) is 0 Å². The molecule has 102 valence electrons. The summed E-state index contributed by atoms with van der Waals surface area (Å²) < 4.78 is 10.5. The normalized spacial score (nSPS) is 16.9. The van der Waals surface area contributed by atoms with Gasteiger partial charge in [-0.2, -0.15) is 5.26 Å². The molecule has 4 nitrogen and oxygen atoms in total. The number of benzene rings is 1. The highest BCUT2D eigenvalue weighted by Gasteiger charge is 2.19. The number of likely N-dealkylation sites (tertiary alicyclic amines) is 1. The van der Waals surface area contributed by atoms with E-state index in [1.807, 2.05) is 18.2 Å². The zero-order chi connectivity index (χ0) is 13.7. The third-order valence-corrected chi connectivity index (χ3v) is 3.61. The van der Waals surface area contributed by atoms with E-state index < -0.39 is 0 Å². The van der Waals surface area contributed by atoms with Crippen LogP contribution in [0, 0.1) is 11.3 Å². The lowest BCUT2D eigenvalue weighted by Gasteiger charge is -2.19. The van der Waals surface area contributed by atoms with Crippen LogP contribution in [0.3, 0.4) is 0 Å². The van der Waals surface area contributed by atoms with Gasteiger partial charge in [0.05, 0.1) is 26.2 Å². The quantitative estimate of drug-likeness (QED) is 0.815. The SMILES string of the molecule is COc1ccc(C(C#N)CN2CCCC2)cc1OC. The Morgan fingerprint density at radius 3 is 2.47 bits per heavy atom. The van der Waals surface area contributed by atoms with Crippen molar-refractivity contribution in [1.29, 1.82) is 5.26 Å². The maximum Gasteiger partial charge on any atom is 0.161 e. The highest BCUT2D eigenvalue weighted by atomic mass is 16.5. The minimum Gasteiger partial charge on any atom is -0.493 e. The van der Waals surface area contributed by atoms with Crippen molar-refractivity contribution in [3.05, 3.63) is 23.8 Å². The molecule has 1 aromatic rings. The van der Waals surface area contributed by atoms with Crippen LogP contribution < -0.4 is 9.47 Å². The molecule has 0 saturated carbocycles. The van der Waals surface area contributed by atoms with E-state index in [2.05, 4.69) is 11.0 Å². The lowest BCUT2D eigenvalue weighted by atomic mass is 9.99. The average Bonchev–Trinajstić information content (AvgIpc) is 2.97. The lowest BCUT2D eigenvalue weighted by Crippen LogP contribution is -2.25. The molecule has 0 aromatic heterocycles. The van der Waals surface area contributed by atoms with Crippen molar-refractivity contribution in [3.8, 4) is 17.6 Å². The molecule has 1 fully saturated rings. The van der Waals surface area contributed by atoms with E-state index in [9.17, 15) is 5.26 Å². The van der Waals surface area contributed by atoms with E-state index in [-0.39, 0.29) is 5.92 Å². The van der Waals surface area contributed by atoms with E-state index >= 15 is 0 Å². The molecule has 1 aliphatic heterocycles. The fraction of sp³-hybridized carbons (Fsp3) is 0.533. The van der Waals surface area contributed by atoms with Gasteiger partial charge in [-0.15, -0.1) is 0 Å². The molecule has 0 spiro atoms. The monoisotopic (exact) mass is 260 g/mol. The van der Waals surface area contributed by atoms with Crippen molar-refractivity contribution >= 4 is 0 Å². The molecule has 1 aliphatic rings.